The number of fused-ring (bicyclic) bond motifs is 10. The Morgan fingerprint density at radius 3 is 1.94 bits per heavy atom. The number of hydrogen-bond donors (Lipinski definition) is 0. The van der Waals surface area contributed by atoms with Gasteiger partial charge in [-0.25, -0.2) is 0 Å². The van der Waals surface area contributed by atoms with Crippen molar-refractivity contribution in [3.63, 3.8) is 0 Å². The smallest absolute Gasteiger partial charge is 0.274 e. The van der Waals surface area contributed by atoms with Crippen LogP contribution in [-0.2, 0) is 10.8 Å². The minimum absolute atomic E-state index is 0.0257. The summed E-state index contributed by atoms with van der Waals surface area (Å²) in [5.74, 6) is 3.67. The number of nitrogens with zero attached hydrogens (tertiary/aromatic N) is 1. The van der Waals surface area contributed by atoms with Crippen LogP contribution in [0.5, 0.6) is 23.0 Å². The van der Waals surface area contributed by atoms with Gasteiger partial charge in [0.25, 0.3) is 6.71 Å². The van der Waals surface area contributed by atoms with Gasteiger partial charge < -0.3 is 14.4 Å². The Labute approximate surface area is 316 Å². The van der Waals surface area contributed by atoms with E-state index in [1.165, 1.54) is 59.3 Å². The van der Waals surface area contributed by atoms with E-state index in [4.69, 9.17) is 9.47 Å². The molecular formula is C48H42BNO2S. The van der Waals surface area contributed by atoms with Gasteiger partial charge in [-0.1, -0.05) is 100 Å². The number of hydrogen-bond acceptors (Lipinski definition) is 4. The fraction of sp³-hybridized carbons (Fsp3) is 0.208. The first-order chi connectivity index (χ1) is 25.4. The zero-order valence-electron chi connectivity index (χ0n) is 31.6. The van der Waals surface area contributed by atoms with Crippen LogP contribution in [0.25, 0.3) is 21.2 Å². The van der Waals surface area contributed by atoms with Crippen LogP contribution in [-0.4, -0.2) is 6.71 Å². The molecule has 3 aliphatic rings. The van der Waals surface area contributed by atoms with E-state index in [0.717, 1.165) is 51.1 Å². The van der Waals surface area contributed by atoms with Crippen molar-refractivity contribution in [2.45, 2.75) is 66.2 Å². The van der Waals surface area contributed by atoms with Crippen molar-refractivity contribution in [3.8, 4) is 34.1 Å². The minimum atomic E-state index is -0.282. The maximum absolute atomic E-state index is 7.17. The number of anilines is 3. The van der Waals surface area contributed by atoms with E-state index in [1.807, 2.05) is 11.3 Å². The topological polar surface area (TPSA) is 21.7 Å². The van der Waals surface area contributed by atoms with Gasteiger partial charge in [-0.2, -0.15) is 0 Å². The monoisotopic (exact) mass is 707 g/mol. The van der Waals surface area contributed by atoms with Crippen molar-refractivity contribution in [2.24, 2.45) is 0 Å². The molecule has 0 bridgehead atoms. The minimum Gasteiger partial charge on any atom is -0.458 e. The van der Waals surface area contributed by atoms with Gasteiger partial charge in [-0.3, -0.25) is 0 Å². The van der Waals surface area contributed by atoms with Crippen LogP contribution in [0.4, 0.5) is 17.1 Å². The molecule has 2 aliphatic heterocycles. The zero-order chi connectivity index (χ0) is 36.6. The van der Waals surface area contributed by atoms with E-state index in [-0.39, 0.29) is 17.5 Å². The van der Waals surface area contributed by atoms with Crippen molar-refractivity contribution in [3.05, 3.63) is 143 Å². The van der Waals surface area contributed by atoms with Gasteiger partial charge in [-0.15, -0.1) is 11.3 Å². The van der Waals surface area contributed by atoms with Crippen molar-refractivity contribution in [1.82, 2.24) is 0 Å². The molecule has 0 saturated carbocycles. The third kappa shape index (κ3) is 4.72. The summed E-state index contributed by atoms with van der Waals surface area (Å²) in [7, 11) is 0. The molecule has 0 N–H and O–H groups in total. The lowest BCUT2D eigenvalue weighted by atomic mass is 9.36. The highest BCUT2D eigenvalue weighted by molar-refractivity contribution is 7.33. The van der Waals surface area contributed by atoms with Crippen molar-refractivity contribution in [1.29, 1.82) is 0 Å². The van der Waals surface area contributed by atoms with Gasteiger partial charge in [0.15, 0.2) is 0 Å². The van der Waals surface area contributed by atoms with Gasteiger partial charge in [0.1, 0.15) is 23.0 Å². The Bertz CT molecular complexity index is 2620. The van der Waals surface area contributed by atoms with E-state index in [1.54, 1.807) is 0 Å². The Morgan fingerprint density at radius 1 is 0.660 bits per heavy atom. The summed E-state index contributed by atoms with van der Waals surface area (Å²) in [6, 6.07) is 40.5. The molecule has 0 spiro atoms. The maximum atomic E-state index is 7.17. The molecule has 0 radical (unpaired) electrons. The van der Waals surface area contributed by atoms with Gasteiger partial charge in [-0.05, 0) is 114 Å². The quantitative estimate of drug-likeness (QED) is 0.171. The Morgan fingerprint density at radius 2 is 1.28 bits per heavy atom. The molecular weight excluding hydrogens is 665 g/mol. The second-order valence-corrected chi connectivity index (χ2v) is 17.9. The fourth-order valence-corrected chi connectivity index (χ4v) is 10.2. The zero-order valence-corrected chi connectivity index (χ0v) is 32.5. The summed E-state index contributed by atoms with van der Waals surface area (Å²) < 4.78 is 16.7. The maximum Gasteiger partial charge on any atom is 0.274 e. The largest absolute Gasteiger partial charge is 0.458 e. The highest BCUT2D eigenvalue weighted by atomic mass is 32.1. The Hall–Kier alpha value is -5.26. The van der Waals surface area contributed by atoms with Gasteiger partial charge in [0.2, 0.25) is 0 Å². The van der Waals surface area contributed by atoms with Gasteiger partial charge >= 0.3 is 0 Å². The molecule has 0 atom stereocenters. The van der Waals surface area contributed by atoms with Crippen LogP contribution in [0.3, 0.4) is 0 Å². The number of aryl methyl sites for hydroxylation is 3. The highest BCUT2D eigenvalue weighted by Crippen LogP contribution is 2.56. The van der Waals surface area contributed by atoms with Crippen LogP contribution in [0, 0.1) is 20.8 Å². The van der Waals surface area contributed by atoms with Gasteiger partial charge in [0, 0.05) is 43.2 Å². The molecule has 3 heterocycles. The second kappa shape index (κ2) is 11.1. The standard InChI is InChI=1S/C48H42BNO2S/c1-27-13-18-31(19-14-27)50(32-20-15-28(2)16-21-32)36-26-39-44(41-33-11-9-10-12-35(33)48(7,8)42(36)41)49-43-37(51-39)23-29(3)24-38(43)52-45-34-25-30(47(4,5)6)17-22-40(34)53-46(45)49/h9-26H,1-8H3. The second-order valence-electron chi connectivity index (χ2n) is 16.8. The van der Waals surface area contributed by atoms with E-state index in [9.17, 15) is 0 Å². The average Bonchev–Trinajstić information content (AvgIpc) is 3.61. The van der Waals surface area contributed by atoms with Crippen LogP contribution < -0.4 is 30.1 Å². The lowest BCUT2D eigenvalue weighted by Gasteiger charge is -2.37. The summed E-state index contributed by atoms with van der Waals surface area (Å²) >= 11 is 1.87. The molecule has 1 aliphatic carbocycles. The van der Waals surface area contributed by atoms with Crippen molar-refractivity contribution < 1.29 is 9.47 Å². The molecule has 5 heteroatoms. The number of benzene rings is 6. The van der Waals surface area contributed by atoms with E-state index < -0.39 is 0 Å². The SMILES string of the molecule is Cc1ccc(N(c2ccc(C)cc2)c2cc3c(c4c2C(C)(C)c2ccccc2-4)B2c4sc5ccc(C(C)(C)C)cc5c4Oc4cc(C)cc(c42)O3)cc1. The molecule has 260 valence electrons. The van der Waals surface area contributed by atoms with Crippen LogP contribution in [0.2, 0.25) is 0 Å². The molecule has 10 rings (SSSR count). The first-order valence-corrected chi connectivity index (χ1v) is 19.5. The molecule has 3 nitrogen and oxygen atoms in total. The predicted molar refractivity (Wildman–Crippen MR) is 225 cm³/mol. The Kier molecular flexibility index (Phi) is 6.80. The predicted octanol–water partition coefficient (Wildman–Crippen LogP) is 11.6. The number of rotatable bonds is 3. The van der Waals surface area contributed by atoms with E-state index in [0.29, 0.717) is 0 Å². The molecule has 1 aromatic heterocycles. The highest BCUT2D eigenvalue weighted by Gasteiger charge is 2.49. The first-order valence-electron chi connectivity index (χ1n) is 18.7. The number of ether oxygens (including phenoxy) is 2. The lowest BCUT2D eigenvalue weighted by Crippen LogP contribution is -2.57. The summed E-state index contributed by atoms with van der Waals surface area (Å²) in [6.07, 6.45) is 0. The third-order valence-corrected chi connectivity index (χ3v) is 12.9. The normalized spacial score (nSPS) is 14.5. The molecule has 0 saturated heterocycles. The van der Waals surface area contributed by atoms with Gasteiger partial charge in [0.05, 0.1) is 5.69 Å². The number of thiophene rings is 1. The average molecular weight is 708 g/mol. The van der Waals surface area contributed by atoms with E-state index >= 15 is 0 Å². The Balaban J connectivity index is 1.32. The first kappa shape index (κ1) is 32.4. The summed E-state index contributed by atoms with van der Waals surface area (Å²) in [6.45, 7) is 18.0. The van der Waals surface area contributed by atoms with Crippen molar-refractivity contribution in [2.75, 3.05) is 4.90 Å². The molecule has 53 heavy (non-hydrogen) atoms. The molecule has 6 aromatic carbocycles. The summed E-state index contributed by atoms with van der Waals surface area (Å²) in [4.78, 5) is 2.44. The molecule has 7 aromatic rings. The fourth-order valence-electron chi connectivity index (χ4n) is 8.99. The summed E-state index contributed by atoms with van der Waals surface area (Å²) in [5.41, 5.74) is 15.6. The van der Waals surface area contributed by atoms with E-state index in [2.05, 4.69) is 169 Å². The molecule has 0 amide bonds. The van der Waals surface area contributed by atoms with Crippen LogP contribution in [0.15, 0.2) is 109 Å². The summed E-state index contributed by atoms with van der Waals surface area (Å²) in [5, 5.41) is 1.19. The molecule has 0 fully saturated rings. The lowest BCUT2D eigenvalue weighted by molar-refractivity contribution is 0.467. The third-order valence-electron chi connectivity index (χ3n) is 11.7. The molecule has 0 unspecified atom stereocenters. The van der Waals surface area contributed by atoms with Crippen LogP contribution in [0.1, 0.15) is 68.0 Å². The van der Waals surface area contributed by atoms with Crippen molar-refractivity contribution >= 4 is 60.9 Å². The van der Waals surface area contributed by atoms with Crippen LogP contribution >= 0.6 is 11.3 Å².